The molecule has 0 aliphatic heterocycles. The van der Waals surface area contributed by atoms with Gasteiger partial charge in [-0.15, -0.1) is 11.3 Å². The predicted octanol–water partition coefficient (Wildman–Crippen LogP) is 4.45. The molecule has 0 spiro atoms. The van der Waals surface area contributed by atoms with Gasteiger partial charge in [0.2, 0.25) is 5.91 Å². The van der Waals surface area contributed by atoms with Gasteiger partial charge in [0.25, 0.3) is 0 Å². The van der Waals surface area contributed by atoms with Crippen LogP contribution in [0.3, 0.4) is 0 Å². The summed E-state index contributed by atoms with van der Waals surface area (Å²) in [4.78, 5) is 13.9. The number of nitrogens with zero attached hydrogens (tertiary/aromatic N) is 2. The average molecular weight is 344 g/mol. The van der Waals surface area contributed by atoms with Crippen LogP contribution in [0, 0.1) is 0 Å². The van der Waals surface area contributed by atoms with E-state index in [0.717, 1.165) is 20.3 Å². The van der Waals surface area contributed by atoms with Crippen molar-refractivity contribution in [2.45, 2.75) is 0 Å². The number of hydrogen-bond donors (Lipinski definition) is 1. The fourth-order valence-electron chi connectivity index (χ4n) is 2.06. The molecular formula is C17H14ClN3OS. The third kappa shape index (κ3) is 3.88. The van der Waals surface area contributed by atoms with Crippen molar-refractivity contribution >= 4 is 40.7 Å². The van der Waals surface area contributed by atoms with Gasteiger partial charge in [-0.3, -0.25) is 9.48 Å². The minimum atomic E-state index is -0.212. The first-order valence-corrected chi connectivity index (χ1v) is 8.15. The maximum atomic E-state index is 11.9. The molecule has 0 aliphatic carbocycles. The zero-order chi connectivity index (χ0) is 16.2. The molecule has 6 heteroatoms. The number of carbonyl (C=O) groups excluding carboxylic acids is 1. The zero-order valence-electron chi connectivity index (χ0n) is 12.4. The summed E-state index contributed by atoms with van der Waals surface area (Å²) in [7, 11) is 1.80. The number of halogens is 1. The van der Waals surface area contributed by atoms with Crippen molar-refractivity contribution in [1.82, 2.24) is 9.78 Å². The molecule has 0 saturated heterocycles. The number of aryl methyl sites for hydroxylation is 1. The van der Waals surface area contributed by atoms with E-state index in [1.54, 1.807) is 41.4 Å². The second kappa shape index (κ2) is 6.81. The van der Waals surface area contributed by atoms with Gasteiger partial charge in [-0.25, -0.2) is 0 Å². The number of thiophene rings is 1. The van der Waals surface area contributed by atoms with Crippen molar-refractivity contribution in [2.75, 3.05) is 5.32 Å². The third-order valence-corrected chi connectivity index (χ3v) is 4.54. The molecule has 0 unspecified atom stereocenters. The lowest BCUT2D eigenvalue weighted by Gasteiger charge is -1.99. The van der Waals surface area contributed by atoms with E-state index in [2.05, 4.69) is 10.4 Å². The summed E-state index contributed by atoms with van der Waals surface area (Å²) in [6.45, 7) is 0. The Bertz CT molecular complexity index is 866. The van der Waals surface area contributed by atoms with E-state index in [1.165, 1.54) is 6.08 Å². The molecule has 2 heterocycles. The Morgan fingerprint density at radius 1 is 1.26 bits per heavy atom. The highest BCUT2D eigenvalue weighted by Crippen LogP contribution is 2.33. The van der Waals surface area contributed by atoms with Gasteiger partial charge < -0.3 is 5.32 Å². The van der Waals surface area contributed by atoms with Gasteiger partial charge in [-0.05, 0) is 24.3 Å². The maximum absolute atomic E-state index is 11.9. The number of carbonyl (C=O) groups is 1. The number of amides is 1. The van der Waals surface area contributed by atoms with E-state index in [9.17, 15) is 4.79 Å². The molecule has 1 aromatic carbocycles. The molecule has 4 nitrogen and oxygen atoms in total. The largest absolute Gasteiger partial charge is 0.306 e. The van der Waals surface area contributed by atoms with Crippen molar-refractivity contribution < 1.29 is 4.79 Å². The van der Waals surface area contributed by atoms with E-state index in [-0.39, 0.29) is 5.91 Å². The van der Waals surface area contributed by atoms with Gasteiger partial charge in [0.05, 0.1) is 0 Å². The molecule has 1 N–H and O–H groups in total. The van der Waals surface area contributed by atoms with Crippen LogP contribution in [0.5, 0.6) is 0 Å². The Morgan fingerprint density at radius 2 is 2.09 bits per heavy atom. The molecule has 116 valence electrons. The van der Waals surface area contributed by atoms with E-state index < -0.39 is 0 Å². The predicted molar refractivity (Wildman–Crippen MR) is 95.6 cm³/mol. The van der Waals surface area contributed by atoms with E-state index in [4.69, 9.17) is 11.6 Å². The molecule has 3 rings (SSSR count). The molecule has 1 amide bonds. The van der Waals surface area contributed by atoms with Crippen molar-refractivity contribution in [3.05, 3.63) is 64.6 Å². The van der Waals surface area contributed by atoms with Crippen LogP contribution in [0.2, 0.25) is 5.02 Å². The Kier molecular flexibility index (Phi) is 4.60. The summed E-state index contributed by atoms with van der Waals surface area (Å²) in [6, 6.07) is 13.4. The number of benzene rings is 1. The Morgan fingerprint density at radius 3 is 2.83 bits per heavy atom. The van der Waals surface area contributed by atoms with Gasteiger partial charge in [0.1, 0.15) is 0 Å². The summed E-state index contributed by atoms with van der Waals surface area (Å²) >= 11 is 7.78. The number of aromatic nitrogens is 2. The molecule has 3 aromatic rings. The fourth-order valence-corrected chi connectivity index (χ4v) is 3.30. The van der Waals surface area contributed by atoms with Crippen LogP contribution in [0.25, 0.3) is 16.5 Å². The highest BCUT2D eigenvalue weighted by Gasteiger charge is 2.05. The molecule has 2 aromatic heterocycles. The second-order valence-electron chi connectivity index (χ2n) is 4.88. The van der Waals surface area contributed by atoms with Gasteiger partial charge in [-0.1, -0.05) is 29.8 Å². The highest BCUT2D eigenvalue weighted by molar-refractivity contribution is 7.16. The number of nitrogens with one attached hydrogen (secondary N) is 1. The molecule has 0 fully saturated rings. The van der Waals surface area contributed by atoms with Crippen LogP contribution < -0.4 is 5.32 Å². The van der Waals surface area contributed by atoms with E-state index >= 15 is 0 Å². The molecular weight excluding hydrogens is 330 g/mol. The van der Waals surface area contributed by atoms with Crippen LogP contribution in [-0.4, -0.2) is 15.7 Å². The highest BCUT2D eigenvalue weighted by atomic mass is 35.5. The standard InChI is InChI=1S/C17H14ClN3OS/c1-21-11-10-16(20-21)19-17(22)9-7-12-6-8-15(23-12)13-4-2-3-5-14(13)18/h2-11H,1H3,(H,19,20,22)/b9-7+. The molecule has 0 bridgehead atoms. The SMILES string of the molecule is Cn1ccc(NC(=O)/C=C/c2ccc(-c3ccccc3Cl)s2)n1. The topological polar surface area (TPSA) is 46.9 Å². The Balaban J connectivity index is 1.69. The smallest absolute Gasteiger partial charge is 0.249 e. The third-order valence-electron chi connectivity index (χ3n) is 3.13. The minimum Gasteiger partial charge on any atom is -0.306 e. The summed E-state index contributed by atoms with van der Waals surface area (Å²) in [5.41, 5.74) is 0.997. The van der Waals surface area contributed by atoms with Gasteiger partial charge >= 0.3 is 0 Å². The normalized spacial score (nSPS) is 11.0. The summed E-state index contributed by atoms with van der Waals surface area (Å²) in [6.07, 6.45) is 5.05. The van der Waals surface area contributed by atoms with Gasteiger partial charge in [0.15, 0.2) is 5.82 Å². The number of hydrogen-bond acceptors (Lipinski definition) is 3. The van der Waals surface area contributed by atoms with Crippen LogP contribution in [0.15, 0.2) is 54.7 Å². The van der Waals surface area contributed by atoms with Crippen molar-refractivity contribution in [2.24, 2.45) is 7.05 Å². The van der Waals surface area contributed by atoms with Crippen molar-refractivity contribution in [3.8, 4) is 10.4 Å². The summed E-state index contributed by atoms with van der Waals surface area (Å²) in [5, 5.41) is 7.52. The van der Waals surface area contributed by atoms with E-state index in [1.807, 2.05) is 36.4 Å². The molecule has 0 atom stereocenters. The molecule has 0 radical (unpaired) electrons. The van der Waals surface area contributed by atoms with Crippen LogP contribution in [0.1, 0.15) is 4.88 Å². The lowest BCUT2D eigenvalue weighted by molar-refractivity contribution is -0.111. The quantitative estimate of drug-likeness (QED) is 0.711. The molecule has 0 saturated carbocycles. The number of rotatable bonds is 4. The van der Waals surface area contributed by atoms with Gasteiger partial charge in [-0.2, -0.15) is 5.10 Å². The number of anilines is 1. The second-order valence-corrected chi connectivity index (χ2v) is 6.40. The zero-order valence-corrected chi connectivity index (χ0v) is 13.9. The lowest BCUT2D eigenvalue weighted by atomic mass is 10.2. The van der Waals surface area contributed by atoms with E-state index in [0.29, 0.717) is 5.82 Å². The Hall–Kier alpha value is -2.37. The lowest BCUT2D eigenvalue weighted by Crippen LogP contribution is -2.08. The van der Waals surface area contributed by atoms with Crippen molar-refractivity contribution in [3.63, 3.8) is 0 Å². The fraction of sp³-hybridized carbons (Fsp3) is 0.0588. The molecule has 23 heavy (non-hydrogen) atoms. The van der Waals surface area contributed by atoms with Crippen LogP contribution in [-0.2, 0) is 11.8 Å². The average Bonchev–Trinajstić information content (AvgIpc) is 3.15. The first kappa shape index (κ1) is 15.5. The molecule has 0 aliphatic rings. The first-order valence-electron chi connectivity index (χ1n) is 6.95. The Labute approximate surface area is 143 Å². The summed E-state index contributed by atoms with van der Waals surface area (Å²) in [5.74, 6) is 0.321. The monoisotopic (exact) mass is 343 g/mol. The maximum Gasteiger partial charge on any atom is 0.249 e. The van der Waals surface area contributed by atoms with Crippen LogP contribution >= 0.6 is 22.9 Å². The van der Waals surface area contributed by atoms with Crippen molar-refractivity contribution in [1.29, 1.82) is 0 Å². The summed E-state index contributed by atoms with van der Waals surface area (Å²) < 4.78 is 1.63. The first-order chi connectivity index (χ1) is 11.1. The minimum absolute atomic E-state index is 0.212. The van der Waals surface area contributed by atoms with Crippen LogP contribution in [0.4, 0.5) is 5.82 Å². The van der Waals surface area contributed by atoms with Gasteiger partial charge in [0, 0.05) is 45.7 Å².